The first kappa shape index (κ1) is 17.8. The summed E-state index contributed by atoms with van der Waals surface area (Å²) >= 11 is 0. The minimum absolute atomic E-state index is 0.752. The molecule has 28 heavy (non-hydrogen) atoms. The third-order valence-corrected chi connectivity index (χ3v) is 4.72. The van der Waals surface area contributed by atoms with Crippen LogP contribution < -0.4 is 0 Å². The van der Waals surface area contributed by atoms with Gasteiger partial charge in [-0.15, -0.1) is 0 Å². The number of rotatable bonds is 2. The van der Waals surface area contributed by atoms with Crippen molar-refractivity contribution in [3.05, 3.63) is 96.1 Å². The molecule has 4 aromatic rings. The average molecular weight is 362 g/mol. The second-order valence-electron chi connectivity index (χ2n) is 6.48. The normalized spacial score (nSPS) is 12.5. The molecule has 2 nitrogen and oxygen atoms in total. The lowest BCUT2D eigenvalue weighted by Gasteiger charge is -2.08. The molecule has 0 aliphatic heterocycles. The molecule has 2 N–H and O–H groups in total. The minimum atomic E-state index is -0.935. The van der Waals surface area contributed by atoms with E-state index in [9.17, 15) is 10.2 Å². The van der Waals surface area contributed by atoms with E-state index in [4.69, 9.17) is 0 Å². The molecule has 0 radical (unpaired) electrons. The standard InChI is InChI=1S/C26H18O2/c27-25(23-15-7-11-19-9-1-3-13-21(19)23)17-5-6-18-26(28)24-16-8-12-20-10-2-4-14-22(20)24/h1-4,7-16,25-28H. The van der Waals surface area contributed by atoms with Crippen molar-refractivity contribution in [2.45, 2.75) is 12.2 Å². The van der Waals surface area contributed by atoms with Gasteiger partial charge in [0.15, 0.2) is 0 Å². The van der Waals surface area contributed by atoms with E-state index in [2.05, 4.69) is 23.7 Å². The molecule has 4 rings (SSSR count). The first-order valence-electron chi connectivity index (χ1n) is 9.06. The van der Waals surface area contributed by atoms with Gasteiger partial charge in [0.05, 0.1) is 0 Å². The lowest BCUT2D eigenvalue weighted by atomic mass is 10.0. The highest BCUT2D eigenvalue weighted by Crippen LogP contribution is 2.24. The highest BCUT2D eigenvalue weighted by Gasteiger charge is 2.08. The van der Waals surface area contributed by atoms with Gasteiger partial charge in [0, 0.05) is 11.1 Å². The van der Waals surface area contributed by atoms with E-state index in [-0.39, 0.29) is 0 Å². The minimum Gasteiger partial charge on any atom is -0.376 e. The van der Waals surface area contributed by atoms with Gasteiger partial charge in [-0.1, -0.05) is 96.8 Å². The van der Waals surface area contributed by atoms with Crippen LogP contribution in [0.1, 0.15) is 23.3 Å². The maximum Gasteiger partial charge on any atom is 0.141 e. The predicted molar refractivity (Wildman–Crippen MR) is 113 cm³/mol. The van der Waals surface area contributed by atoms with Crippen molar-refractivity contribution >= 4 is 21.5 Å². The first-order chi connectivity index (χ1) is 13.7. The Labute approximate surface area is 164 Å². The Hall–Kier alpha value is -3.56. The highest BCUT2D eigenvalue weighted by molar-refractivity contribution is 5.87. The summed E-state index contributed by atoms with van der Waals surface area (Å²) in [6.07, 6.45) is -1.87. The molecule has 0 saturated carbocycles. The van der Waals surface area contributed by atoms with Gasteiger partial charge in [-0.25, -0.2) is 0 Å². The van der Waals surface area contributed by atoms with E-state index in [1.54, 1.807) is 0 Å². The molecule has 0 aliphatic rings. The molecule has 0 fully saturated rings. The highest BCUT2D eigenvalue weighted by atomic mass is 16.3. The van der Waals surface area contributed by atoms with Crippen LogP contribution in [-0.4, -0.2) is 10.2 Å². The molecule has 0 saturated heterocycles. The van der Waals surface area contributed by atoms with Gasteiger partial charge in [-0.2, -0.15) is 0 Å². The molecule has 2 heteroatoms. The molecule has 0 amide bonds. The SMILES string of the molecule is OC(C#CC#CC(O)c1cccc2ccccc12)c1cccc2ccccc12. The van der Waals surface area contributed by atoms with E-state index in [0.29, 0.717) is 0 Å². The van der Waals surface area contributed by atoms with Crippen molar-refractivity contribution < 1.29 is 10.2 Å². The summed E-state index contributed by atoms with van der Waals surface area (Å²) in [7, 11) is 0. The fourth-order valence-electron chi connectivity index (χ4n) is 3.34. The smallest absolute Gasteiger partial charge is 0.141 e. The Morgan fingerprint density at radius 1 is 0.500 bits per heavy atom. The molecule has 2 atom stereocenters. The number of fused-ring (bicyclic) bond motifs is 2. The predicted octanol–water partition coefficient (Wildman–Crippen LogP) is 4.77. The Bertz CT molecular complexity index is 1150. The molecule has 0 heterocycles. The van der Waals surface area contributed by atoms with E-state index in [1.807, 2.05) is 84.9 Å². The average Bonchev–Trinajstić information content (AvgIpc) is 2.75. The monoisotopic (exact) mass is 362 g/mol. The summed E-state index contributed by atoms with van der Waals surface area (Å²) in [4.78, 5) is 0. The third-order valence-electron chi connectivity index (χ3n) is 4.72. The van der Waals surface area contributed by atoms with Crippen LogP contribution in [0.3, 0.4) is 0 Å². The Balaban J connectivity index is 1.57. The summed E-state index contributed by atoms with van der Waals surface area (Å²) in [5, 5.41) is 24.9. The molecule has 0 aromatic heterocycles. The zero-order valence-corrected chi connectivity index (χ0v) is 15.1. The first-order valence-corrected chi connectivity index (χ1v) is 9.06. The van der Waals surface area contributed by atoms with Crippen LogP contribution in [0.2, 0.25) is 0 Å². The van der Waals surface area contributed by atoms with Crippen LogP contribution >= 0.6 is 0 Å². The zero-order valence-electron chi connectivity index (χ0n) is 15.1. The van der Waals surface area contributed by atoms with Gasteiger partial charge in [0.1, 0.15) is 12.2 Å². The Kier molecular flexibility index (Phi) is 5.09. The van der Waals surface area contributed by atoms with Gasteiger partial charge >= 0.3 is 0 Å². The van der Waals surface area contributed by atoms with E-state index < -0.39 is 12.2 Å². The summed E-state index contributed by atoms with van der Waals surface area (Å²) in [5.41, 5.74) is 1.50. The lowest BCUT2D eigenvalue weighted by molar-refractivity contribution is 0.239. The van der Waals surface area contributed by atoms with Gasteiger partial charge in [-0.3, -0.25) is 0 Å². The van der Waals surface area contributed by atoms with Crippen molar-refractivity contribution in [3.8, 4) is 23.7 Å². The molecular weight excluding hydrogens is 344 g/mol. The summed E-state index contributed by atoms with van der Waals surface area (Å²) < 4.78 is 0. The summed E-state index contributed by atoms with van der Waals surface area (Å²) in [6, 6.07) is 27.2. The van der Waals surface area contributed by atoms with Crippen molar-refractivity contribution in [2.24, 2.45) is 0 Å². The van der Waals surface area contributed by atoms with Gasteiger partial charge in [0.2, 0.25) is 0 Å². The maximum atomic E-state index is 10.4. The molecule has 4 aromatic carbocycles. The molecule has 2 unspecified atom stereocenters. The van der Waals surface area contributed by atoms with Crippen LogP contribution in [0.4, 0.5) is 0 Å². The molecule has 0 spiro atoms. The third kappa shape index (κ3) is 3.61. The quantitative estimate of drug-likeness (QED) is 0.505. The Morgan fingerprint density at radius 3 is 1.36 bits per heavy atom. The second-order valence-corrected chi connectivity index (χ2v) is 6.48. The molecule has 0 bridgehead atoms. The number of hydrogen-bond donors (Lipinski definition) is 2. The summed E-state index contributed by atoms with van der Waals surface area (Å²) in [6.45, 7) is 0. The number of aliphatic hydroxyl groups excluding tert-OH is 2. The van der Waals surface area contributed by atoms with Crippen LogP contribution in [0, 0.1) is 23.7 Å². The summed E-state index contributed by atoms with van der Waals surface area (Å²) in [5.74, 6) is 10.9. The largest absolute Gasteiger partial charge is 0.376 e. The van der Waals surface area contributed by atoms with E-state index >= 15 is 0 Å². The van der Waals surface area contributed by atoms with Crippen LogP contribution in [-0.2, 0) is 0 Å². The molecule has 134 valence electrons. The Morgan fingerprint density at radius 2 is 0.893 bits per heavy atom. The topological polar surface area (TPSA) is 40.5 Å². The molecular formula is C26H18O2. The second kappa shape index (κ2) is 7.99. The number of hydrogen-bond acceptors (Lipinski definition) is 2. The maximum absolute atomic E-state index is 10.4. The molecule has 0 aliphatic carbocycles. The van der Waals surface area contributed by atoms with Gasteiger partial charge in [0.25, 0.3) is 0 Å². The van der Waals surface area contributed by atoms with Crippen molar-refractivity contribution in [1.82, 2.24) is 0 Å². The fraction of sp³-hybridized carbons (Fsp3) is 0.0769. The van der Waals surface area contributed by atoms with Crippen molar-refractivity contribution in [3.63, 3.8) is 0 Å². The van der Waals surface area contributed by atoms with Crippen LogP contribution in [0.5, 0.6) is 0 Å². The number of benzene rings is 4. The number of aliphatic hydroxyl groups is 2. The van der Waals surface area contributed by atoms with Crippen molar-refractivity contribution in [1.29, 1.82) is 0 Å². The zero-order chi connectivity index (χ0) is 19.3. The van der Waals surface area contributed by atoms with Crippen molar-refractivity contribution in [2.75, 3.05) is 0 Å². The van der Waals surface area contributed by atoms with Crippen LogP contribution in [0.25, 0.3) is 21.5 Å². The van der Waals surface area contributed by atoms with E-state index in [1.165, 1.54) is 0 Å². The van der Waals surface area contributed by atoms with Crippen LogP contribution in [0.15, 0.2) is 84.9 Å². The van der Waals surface area contributed by atoms with Gasteiger partial charge in [-0.05, 0) is 33.4 Å². The van der Waals surface area contributed by atoms with E-state index in [0.717, 1.165) is 32.7 Å². The lowest BCUT2D eigenvalue weighted by Crippen LogP contribution is -1.95. The fourth-order valence-corrected chi connectivity index (χ4v) is 3.34. The van der Waals surface area contributed by atoms with Gasteiger partial charge < -0.3 is 10.2 Å².